The van der Waals surface area contributed by atoms with Gasteiger partial charge < -0.3 is 33.8 Å². The van der Waals surface area contributed by atoms with E-state index < -0.39 is 97.5 Å². The first kappa shape index (κ1) is 100. The first-order valence-electron chi connectivity index (χ1n) is 42.7. The third-order valence-corrected chi connectivity index (χ3v) is 21.6. The highest BCUT2D eigenvalue weighted by Crippen LogP contribution is 2.45. The molecule has 0 aromatic rings. The van der Waals surface area contributed by atoms with Crippen LogP contribution in [0.25, 0.3) is 0 Å². The zero-order valence-electron chi connectivity index (χ0n) is 67.2. The molecule has 3 N–H and O–H groups in total. The van der Waals surface area contributed by atoms with Crippen LogP contribution < -0.4 is 0 Å². The number of hydrogen-bond acceptors (Lipinski definition) is 15. The molecule has 0 aromatic heterocycles. The molecule has 0 aliphatic rings. The summed E-state index contributed by atoms with van der Waals surface area (Å²) in [6, 6.07) is 0. The van der Waals surface area contributed by atoms with E-state index in [1.54, 1.807) is 0 Å². The SMILES string of the molecule is CCC(C)CCCCCCCCCCCCCCCCCCCCC(=O)OC[C@H](COP(=O)(O)OCC(O)COP(=O)(O)OC[C@@H](COC(=O)CCCCCCCCCC(C)C)OC(=O)CCCCCCCCCCCCCCCCCCCCC(C)C)OC(=O)CCCCCCCCC(C)C. The fraction of sp³-hybridized carbons (Fsp3) is 0.952. The molecule has 0 aromatic carbocycles. The highest BCUT2D eigenvalue weighted by atomic mass is 31.2. The largest absolute Gasteiger partial charge is 0.472 e. The minimum absolute atomic E-state index is 0.102. The zero-order chi connectivity index (χ0) is 75.3. The van der Waals surface area contributed by atoms with Crippen molar-refractivity contribution in [3.8, 4) is 0 Å². The number of aliphatic hydroxyl groups is 1. The number of ether oxygens (including phenoxy) is 4. The van der Waals surface area contributed by atoms with Gasteiger partial charge in [0.15, 0.2) is 12.2 Å². The van der Waals surface area contributed by atoms with Crippen LogP contribution in [-0.2, 0) is 65.4 Å². The minimum Gasteiger partial charge on any atom is -0.462 e. The van der Waals surface area contributed by atoms with Gasteiger partial charge in [-0.3, -0.25) is 37.3 Å². The van der Waals surface area contributed by atoms with Gasteiger partial charge in [-0.2, -0.15) is 0 Å². The number of phosphoric acid groups is 2. The molecular weight excluding hydrogens is 1330 g/mol. The Hall–Kier alpha value is -1.94. The van der Waals surface area contributed by atoms with Crippen molar-refractivity contribution in [1.29, 1.82) is 0 Å². The van der Waals surface area contributed by atoms with Crippen molar-refractivity contribution >= 4 is 39.5 Å². The third-order valence-electron chi connectivity index (χ3n) is 19.7. The Balaban J connectivity index is 5.08. The predicted molar refractivity (Wildman–Crippen MR) is 418 cm³/mol. The van der Waals surface area contributed by atoms with E-state index in [1.807, 2.05) is 0 Å². The van der Waals surface area contributed by atoms with Gasteiger partial charge in [-0.05, 0) is 49.4 Å². The summed E-state index contributed by atoms with van der Waals surface area (Å²) < 4.78 is 68.6. The summed E-state index contributed by atoms with van der Waals surface area (Å²) in [6.07, 6.45) is 60.2. The van der Waals surface area contributed by atoms with E-state index in [1.165, 1.54) is 225 Å². The minimum atomic E-state index is -4.96. The Labute approximate surface area is 626 Å². The lowest BCUT2D eigenvalue weighted by Crippen LogP contribution is -2.30. The Bertz CT molecular complexity index is 1990. The van der Waals surface area contributed by atoms with Crippen LogP contribution in [0.15, 0.2) is 0 Å². The average molecular weight is 1490 g/mol. The molecule has 6 atom stereocenters. The Morgan fingerprint density at radius 3 is 0.696 bits per heavy atom. The predicted octanol–water partition coefficient (Wildman–Crippen LogP) is 24.8. The average Bonchev–Trinajstić information content (AvgIpc) is 0.909. The van der Waals surface area contributed by atoms with Gasteiger partial charge >= 0.3 is 39.5 Å². The monoisotopic (exact) mass is 1490 g/mol. The molecule has 0 saturated heterocycles. The maximum Gasteiger partial charge on any atom is 0.472 e. The summed E-state index contributed by atoms with van der Waals surface area (Å²) in [5, 5.41) is 10.6. The number of unbranched alkanes of at least 4 members (excludes halogenated alkanes) is 45. The van der Waals surface area contributed by atoms with Gasteiger partial charge in [0.2, 0.25) is 0 Å². The van der Waals surface area contributed by atoms with Gasteiger partial charge in [-0.1, -0.05) is 376 Å². The smallest absolute Gasteiger partial charge is 0.462 e. The molecule has 0 bridgehead atoms. The molecule has 0 spiro atoms. The van der Waals surface area contributed by atoms with Crippen LogP contribution in [-0.4, -0.2) is 96.7 Å². The second kappa shape index (κ2) is 72.0. The number of carbonyl (C=O) groups is 4. The van der Waals surface area contributed by atoms with Crippen molar-refractivity contribution < 1.29 is 80.2 Å². The van der Waals surface area contributed by atoms with Crippen LogP contribution in [0.2, 0.25) is 0 Å². The summed E-state index contributed by atoms with van der Waals surface area (Å²) in [5.74, 6) is 0.949. The van der Waals surface area contributed by atoms with E-state index in [0.717, 1.165) is 108 Å². The maximum absolute atomic E-state index is 13.1. The van der Waals surface area contributed by atoms with Crippen LogP contribution in [0.4, 0.5) is 0 Å². The summed E-state index contributed by atoms with van der Waals surface area (Å²) in [5.41, 5.74) is 0. The zero-order valence-corrected chi connectivity index (χ0v) is 69.0. The Morgan fingerprint density at radius 1 is 0.275 bits per heavy atom. The normalized spacial score (nSPS) is 14.3. The fourth-order valence-corrected chi connectivity index (χ4v) is 14.3. The van der Waals surface area contributed by atoms with Crippen LogP contribution in [0.1, 0.15) is 428 Å². The van der Waals surface area contributed by atoms with E-state index in [9.17, 15) is 43.2 Å². The number of carbonyl (C=O) groups excluding carboxylic acids is 4. The molecular formula is C83H162O17P2. The third kappa shape index (κ3) is 74.9. The quantitative estimate of drug-likeness (QED) is 0.0222. The highest BCUT2D eigenvalue weighted by molar-refractivity contribution is 7.47. The fourth-order valence-electron chi connectivity index (χ4n) is 12.8. The molecule has 0 rings (SSSR count). The maximum atomic E-state index is 13.1. The first-order valence-corrected chi connectivity index (χ1v) is 45.7. The number of rotatable bonds is 80. The second-order valence-electron chi connectivity index (χ2n) is 31.5. The summed E-state index contributed by atoms with van der Waals surface area (Å²) >= 11 is 0. The number of phosphoric ester groups is 2. The Morgan fingerprint density at radius 2 is 0.471 bits per heavy atom. The standard InChI is InChI=1S/C83H162O17P2/c1-9-76(8)62-54-46-37-31-27-23-19-15-11-13-16-20-24-28-32-38-47-55-63-80(85)93-70-79(100-83(88)66-58-50-42-41-45-53-61-75(6)7)72-98-102(91,92)96-68-77(84)67-95-101(89,90)97-71-78(69-94-81(86)64-56-48-40-34-36-44-52-60-74(4)5)99-82(87)65-57-49-39-33-29-25-21-17-12-10-14-18-22-26-30-35-43-51-59-73(2)3/h73-79,84H,9-72H2,1-8H3,(H,89,90)(H,91,92)/t76?,77?,78-,79-/m1/s1. The first-order chi connectivity index (χ1) is 49.1. The molecule has 4 unspecified atom stereocenters. The number of esters is 4. The number of aliphatic hydroxyl groups excluding tert-OH is 1. The van der Waals surface area contributed by atoms with Gasteiger partial charge in [0, 0.05) is 25.7 Å². The molecule has 0 aliphatic carbocycles. The van der Waals surface area contributed by atoms with Crippen molar-refractivity contribution in [3.63, 3.8) is 0 Å². The van der Waals surface area contributed by atoms with Crippen LogP contribution in [0.5, 0.6) is 0 Å². The number of hydrogen-bond donors (Lipinski definition) is 3. The van der Waals surface area contributed by atoms with E-state index in [2.05, 4.69) is 55.4 Å². The second-order valence-corrected chi connectivity index (χ2v) is 34.4. The van der Waals surface area contributed by atoms with E-state index in [0.29, 0.717) is 37.5 Å². The van der Waals surface area contributed by atoms with Gasteiger partial charge in [-0.15, -0.1) is 0 Å². The van der Waals surface area contributed by atoms with Crippen molar-refractivity contribution in [3.05, 3.63) is 0 Å². The van der Waals surface area contributed by atoms with Crippen molar-refractivity contribution in [2.75, 3.05) is 39.6 Å². The van der Waals surface area contributed by atoms with Gasteiger partial charge in [0.1, 0.15) is 19.3 Å². The highest BCUT2D eigenvalue weighted by Gasteiger charge is 2.30. The summed E-state index contributed by atoms with van der Waals surface area (Å²) in [6.45, 7) is 14.2. The van der Waals surface area contributed by atoms with Crippen molar-refractivity contribution in [1.82, 2.24) is 0 Å². The van der Waals surface area contributed by atoms with Gasteiger partial charge in [0.05, 0.1) is 26.4 Å². The molecule has 0 amide bonds. The lowest BCUT2D eigenvalue weighted by Gasteiger charge is -2.21. The van der Waals surface area contributed by atoms with Crippen LogP contribution >= 0.6 is 15.6 Å². The van der Waals surface area contributed by atoms with E-state index in [4.69, 9.17) is 37.0 Å². The molecule has 102 heavy (non-hydrogen) atoms. The Kier molecular flexibility index (Phi) is 70.6. The topological polar surface area (TPSA) is 237 Å². The summed E-state index contributed by atoms with van der Waals surface area (Å²) in [4.78, 5) is 72.9. The summed E-state index contributed by atoms with van der Waals surface area (Å²) in [7, 11) is -9.92. The molecule has 0 radical (unpaired) electrons. The van der Waals surface area contributed by atoms with Crippen molar-refractivity contribution in [2.45, 2.75) is 446 Å². The molecule has 0 heterocycles. The molecule has 0 fully saturated rings. The lowest BCUT2D eigenvalue weighted by molar-refractivity contribution is -0.161. The van der Waals surface area contributed by atoms with Crippen molar-refractivity contribution in [2.24, 2.45) is 23.7 Å². The van der Waals surface area contributed by atoms with Crippen LogP contribution in [0.3, 0.4) is 0 Å². The molecule has 17 nitrogen and oxygen atoms in total. The molecule has 19 heteroatoms. The van der Waals surface area contributed by atoms with E-state index >= 15 is 0 Å². The van der Waals surface area contributed by atoms with E-state index in [-0.39, 0.29) is 25.7 Å². The van der Waals surface area contributed by atoms with Crippen LogP contribution in [0, 0.1) is 23.7 Å². The molecule has 0 aliphatic heterocycles. The lowest BCUT2D eigenvalue weighted by atomic mass is 9.99. The van der Waals surface area contributed by atoms with Gasteiger partial charge in [0.25, 0.3) is 0 Å². The molecule has 0 saturated carbocycles. The molecule has 606 valence electrons. The van der Waals surface area contributed by atoms with Gasteiger partial charge in [-0.25, -0.2) is 9.13 Å².